The van der Waals surface area contributed by atoms with Gasteiger partial charge >= 0.3 is 0 Å². The third-order valence-corrected chi connectivity index (χ3v) is 4.28. The van der Waals surface area contributed by atoms with Crippen molar-refractivity contribution in [1.82, 2.24) is 0 Å². The Kier molecular flexibility index (Phi) is 4.67. The number of hydrogen-bond acceptors (Lipinski definition) is 2. The van der Waals surface area contributed by atoms with E-state index >= 15 is 0 Å². The van der Waals surface area contributed by atoms with E-state index in [0.717, 1.165) is 13.1 Å². The lowest BCUT2D eigenvalue weighted by molar-refractivity contribution is -0.00528. The molecule has 0 spiro atoms. The van der Waals surface area contributed by atoms with Crippen LogP contribution in [0.5, 0.6) is 0 Å². The van der Waals surface area contributed by atoms with Crippen LogP contribution in [0.25, 0.3) is 0 Å². The first-order valence-electron chi connectivity index (χ1n) is 8.23. The second-order valence-corrected chi connectivity index (χ2v) is 7.84. The summed E-state index contributed by atoms with van der Waals surface area (Å²) >= 11 is 0. The number of hydrogen-bond donors (Lipinski definition) is 0. The van der Waals surface area contributed by atoms with Crippen molar-refractivity contribution in [3.8, 4) is 0 Å². The van der Waals surface area contributed by atoms with E-state index < -0.39 is 0 Å². The van der Waals surface area contributed by atoms with Crippen LogP contribution >= 0.6 is 0 Å². The van der Waals surface area contributed by atoms with Gasteiger partial charge in [-0.2, -0.15) is 0 Å². The minimum atomic E-state index is 0.188. The van der Waals surface area contributed by atoms with Gasteiger partial charge in [0.1, 0.15) is 0 Å². The van der Waals surface area contributed by atoms with Crippen molar-refractivity contribution in [2.75, 3.05) is 18.0 Å². The quantitative estimate of drug-likeness (QED) is 0.781. The number of ether oxygens (including phenoxy) is 1. The third kappa shape index (κ3) is 3.79. The summed E-state index contributed by atoms with van der Waals surface area (Å²) < 4.78 is 5.89. The van der Waals surface area contributed by atoms with E-state index in [2.05, 4.69) is 71.6 Å². The first kappa shape index (κ1) is 16.4. The Bertz CT molecular complexity index is 477. The van der Waals surface area contributed by atoms with Gasteiger partial charge in [-0.25, -0.2) is 0 Å². The van der Waals surface area contributed by atoms with E-state index in [4.69, 9.17) is 4.74 Å². The minimum Gasteiger partial charge on any atom is -0.372 e. The summed E-state index contributed by atoms with van der Waals surface area (Å²) in [5, 5.41) is 0. The predicted molar refractivity (Wildman–Crippen MR) is 91.5 cm³/mol. The lowest BCUT2D eigenvalue weighted by Gasteiger charge is -2.39. The van der Waals surface area contributed by atoms with Crippen LogP contribution in [0.2, 0.25) is 0 Å². The lowest BCUT2D eigenvalue weighted by Crippen LogP contribution is -2.46. The molecule has 1 fully saturated rings. The van der Waals surface area contributed by atoms with Gasteiger partial charge in [-0.05, 0) is 42.4 Å². The van der Waals surface area contributed by atoms with Crippen LogP contribution in [0.3, 0.4) is 0 Å². The van der Waals surface area contributed by atoms with E-state index in [1.54, 1.807) is 0 Å². The number of benzene rings is 1. The smallest absolute Gasteiger partial charge is 0.0726 e. The Labute approximate surface area is 130 Å². The van der Waals surface area contributed by atoms with Crippen LogP contribution in [0.15, 0.2) is 18.2 Å². The van der Waals surface area contributed by atoms with E-state index in [9.17, 15) is 0 Å². The molecule has 2 unspecified atom stereocenters. The first-order chi connectivity index (χ1) is 9.68. The van der Waals surface area contributed by atoms with Crippen molar-refractivity contribution < 1.29 is 4.74 Å². The molecule has 21 heavy (non-hydrogen) atoms. The molecule has 0 aliphatic carbocycles. The fraction of sp³-hybridized carbons (Fsp3) is 0.684. The Balaban J connectivity index is 2.43. The molecule has 2 nitrogen and oxygen atoms in total. The maximum Gasteiger partial charge on any atom is 0.0726 e. The number of rotatable bonds is 2. The van der Waals surface area contributed by atoms with Crippen LogP contribution in [0, 0.1) is 0 Å². The fourth-order valence-electron chi connectivity index (χ4n) is 3.15. The highest BCUT2D eigenvalue weighted by atomic mass is 16.5. The molecule has 2 rings (SSSR count). The predicted octanol–water partition coefficient (Wildman–Crippen LogP) is 4.72. The molecular formula is C19H31NO. The molecule has 0 radical (unpaired) electrons. The minimum absolute atomic E-state index is 0.188. The average Bonchev–Trinajstić information content (AvgIpc) is 2.35. The largest absolute Gasteiger partial charge is 0.372 e. The molecule has 2 atom stereocenters. The van der Waals surface area contributed by atoms with Crippen LogP contribution in [-0.2, 0) is 10.2 Å². The van der Waals surface area contributed by atoms with Crippen molar-refractivity contribution >= 4 is 5.69 Å². The SMILES string of the molecule is CC1CN(c2cc(C(C)(C)C)ccc2C(C)C)CC(C)O1. The number of nitrogens with zero attached hydrogens (tertiary/aromatic N) is 1. The summed E-state index contributed by atoms with van der Waals surface area (Å²) in [5.41, 5.74) is 4.45. The molecule has 0 aromatic heterocycles. The molecule has 1 aromatic carbocycles. The van der Waals surface area contributed by atoms with Crippen molar-refractivity contribution in [3.63, 3.8) is 0 Å². The third-order valence-electron chi connectivity index (χ3n) is 4.28. The van der Waals surface area contributed by atoms with Crippen LogP contribution < -0.4 is 4.90 Å². The standard InChI is InChI=1S/C19H31NO/c1-13(2)17-9-8-16(19(5,6)7)10-18(17)20-11-14(3)21-15(4)12-20/h8-10,13-15H,11-12H2,1-7H3. The number of anilines is 1. The summed E-state index contributed by atoms with van der Waals surface area (Å²) in [6.45, 7) is 17.7. The van der Waals surface area contributed by atoms with Gasteiger partial charge in [-0.1, -0.05) is 46.8 Å². The molecule has 0 bridgehead atoms. The second-order valence-electron chi connectivity index (χ2n) is 7.84. The Morgan fingerprint density at radius 3 is 2.14 bits per heavy atom. The van der Waals surface area contributed by atoms with Gasteiger partial charge in [0.05, 0.1) is 12.2 Å². The topological polar surface area (TPSA) is 12.5 Å². The molecule has 1 aromatic rings. The van der Waals surface area contributed by atoms with Crippen molar-refractivity contribution in [2.45, 2.75) is 72.0 Å². The maximum atomic E-state index is 5.89. The van der Waals surface area contributed by atoms with Gasteiger partial charge < -0.3 is 9.64 Å². The second kappa shape index (κ2) is 6.00. The Morgan fingerprint density at radius 1 is 1.10 bits per heavy atom. The molecule has 1 heterocycles. The summed E-state index contributed by atoms with van der Waals surface area (Å²) in [6.07, 6.45) is 0.596. The molecular weight excluding hydrogens is 258 g/mol. The molecule has 0 N–H and O–H groups in total. The Hall–Kier alpha value is -1.02. The Morgan fingerprint density at radius 2 is 1.67 bits per heavy atom. The molecule has 1 aliphatic heterocycles. The van der Waals surface area contributed by atoms with E-state index in [1.807, 2.05) is 0 Å². The zero-order valence-electron chi connectivity index (χ0n) is 14.7. The van der Waals surface area contributed by atoms with Gasteiger partial charge in [0.25, 0.3) is 0 Å². The monoisotopic (exact) mass is 289 g/mol. The van der Waals surface area contributed by atoms with E-state index in [-0.39, 0.29) is 5.41 Å². The van der Waals surface area contributed by atoms with Gasteiger partial charge in [0, 0.05) is 18.8 Å². The first-order valence-corrected chi connectivity index (χ1v) is 8.23. The average molecular weight is 289 g/mol. The summed E-state index contributed by atoms with van der Waals surface area (Å²) in [7, 11) is 0. The van der Waals surface area contributed by atoms with Crippen molar-refractivity contribution in [2.24, 2.45) is 0 Å². The molecule has 1 aliphatic rings. The van der Waals surface area contributed by atoms with Gasteiger partial charge in [0.2, 0.25) is 0 Å². The highest BCUT2D eigenvalue weighted by molar-refractivity contribution is 5.58. The maximum absolute atomic E-state index is 5.89. The molecule has 118 valence electrons. The summed E-state index contributed by atoms with van der Waals surface area (Å²) in [5.74, 6) is 0.544. The zero-order valence-corrected chi connectivity index (χ0v) is 14.7. The zero-order chi connectivity index (χ0) is 15.8. The van der Waals surface area contributed by atoms with E-state index in [0.29, 0.717) is 18.1 Å². The fourth-order valence-corrected chi connectivity index (χ4v) is 3.15. The molecule has 0 amide bonds. The highest BCUT2D eigenvalue weighted by Gasteiger charge is 2.26. The summed E-state index contributed by atoms with van der Waals surface area (Å²) in [6, 6.07) is 7.03. The van der Waals surface area contributed by atoms with Crippen LogP contribution in [-0.4, -0.2) is 25.3 Å². The molecule has 2 heteroatoms. The van der Waals surface area contributed by atoms with Gasteiger partial charge in [0.15, 0.2) is 0 Å². The van der Waals surface area contributed by atoms with Crippen LogP contribution in [0.4, 0.5) is 5.69 Å². The lowest BCUT2D eigenvalue weighted by atomic mass is 9.84. The van der Waals surface area contributed by atoms with Gasteiger partial charge in [-0.3, -0.25) is 0 Å². The molecule has 0 saturated carbocycles. The normalized spacial score (nSPS) is 23.7. The van der Waals surface area contributed by atoms with Crippen molar-refractivity contribution in [3.05, 3.63) is 29.3 Å². The van der Waals surface area contributed by atoms with Gasteiger partial charge in [-0.15, -0.1) is 0 Å². The highest BCUT2D eigenvalue weighted by Crippen LogP contribution is 2.34. The summed E-state index contributed by atoms with van der Waals surface area (Å²) in [4.78, 5) is 2.52. The van der Waals surface area contributed by atoms with Crippen LogP contribution in [0.1, 0.15) is 65.5 Å². The number of morpholine rings is 1. The van der Waals surface area contributed by atoms with E-state index in [1.165, 1.54) is 16.8 Å². The van der Waals surface area contributed by atoms with Crippen molar-refractivity contribution in [1.29, 1.82) is 0 Å². The molecule has 1 saturated heterocycles.